The predicted octanol–water partition coefficient (Wildman–Crippen LogP) is 3.62. The molecule has 148 valence electrons. The number of nitro groups is 2. The summed E-state index contributed by atoms with van der Waals surface area (Å²) in [6, 6.07) is 9.10. The summed E-state index contributed by atoms with van der Waals surface area (Å²) in [5.74, 6) is -0.790. The van der Waals surface area contributed by atoms with Crippen molar-refractivity contribution in [2.75, 3.05) is 17.7 Å². The number of nitriles is 1. The fraction of sp³-hybridized carbons (Fsp3) is 0.0588. The second kappa shape index (κ2) is 9.16. The van der Waals surface area contributed by atoms with E-state index in [-0.39, 0.29) is 39.1 Å². The van der Waals surface area contributed by atoms with Crippen LogP contribution in [0.2, 0.25) is 5.02 Å². The van der Waals surface area contributed by atoms with Gasteiger partial charge >= 0.3 is 0 Å². The molecule has 0 saturated carbocycles. The quantitative estimate of drug-likeness (QED) is 0.299. The monoisotopic (exact) mass is 417 g/mol. The number of amides is 1. The van der Waals surface area contributed by atoms with Gasteiger partial charge in [-0.25, -0.2) is 0 Å². The molecule has 12 heteroatoms. The van der Waals surface area contributed by atoms with Crippen LogP contribution < -0.4 is 15.4 Å². The molecule has 0 unspecified atom stereocenters. The van der Waals surface area contributed by atoms with Gasteiger partial charge in [0.15, 0.2) is 0 Å². The molecule has 0 bridgehead atoms. The minimum atomic E-state index is -0.824. The number of methoxy groups -OCH3 is 1. The molecule has 0 aliphatic carbocycles. The number of non-ortho nitro benzene ring substituents is 1. The van der Waals surface area contributed by atoms with Gasteiger partial charge in [0.25, 0.3) is 17.3 Å². The Morgan fingerprint density at radius 1 is 1.21 bits per heavy atom. The zero-order valence-electron chi connectivity index (χ0n) is 14.7. The lowest BCUT2D eigenvalue weighted by Crippen LogP contribution is -2.15. The standard InChI is InChI=1S/C17H12ClN5O6/c1-29-16-7-12(22(25)26)3-5-14(16)21-17(24)10(8-19)9-20-11-2-4-13(18)15(6-11)23(27)28/h2-7,9,20H,1H3,(H,21,24)/b10-9-. The van der Waals surface area contributed by atoms with Crippen LogP contribution in [0, 0.1) is 31.6 Å². The normalized spacial score (nSPS) is 10.6. The number of carbonyl (C=O) groups excluding carboxylic acids is 1. The first-order chi connectivity index (χ1) is 13.8. The number of hydrogen-bond donors (Lipinski definition) is 2. The van der Waals surface area contributed by atoms with Crippen molar-refractivity contribution in [2.45, 2.75) is 0 Å². The van der Waals surface area contributed by atoms with E-state index in [0.29, 0.717) is 0 Å². The van der Waals surface area contributed by atoms with E-state index in [4.69, 9.17) is 16.3 Å². The molecule has 2 rings (SSSR count). The Bertz CT molecular complexity index is 1060. The van der Waals surface area contributed by atoms with Crippen LogP contribution in [0.4, 0.5) is 22.7 Å². The second-order valence-electron chi connectivity index (χ2n) is 5.33. The van der Waals surface area contributed by atoms with Gasteiger partial charge in [0, 0.05) is 24.0 Å². The Hall–Kier alpha value is -4.17. The van der Waals surface area contributed by atoms with E-state index < -0.39 is 15.8 Å². The molecule has 2 aromatic rings. The summed E-state index contributed by atoms with van der Waals surface area (Å²) < 4.78 is 5.01. The molecule has 2 N–H and O–H groups in total. The van der Waals surface area contributed by atoms with E-state index in [1.165, 1.54) is 31.4 Å². The van der Waals surface area contributed by atoms with Gasteiger partial charge < -0.3 is 15.4 Å². The molecule has 0 radical (unpaired) electrons. The highest BCUT2D eigenvalue weighted by molar-refractivity contribution is 6.32. The first kappa shape index (κ1) is 21.1. The lowest BCUT2D eigenvalue weighted by molar-refractivity contribution is -0.385. The molecule has 2 aromatic carbocycles. The summed E-state index contributed by atoms with van der Waals surface area (Å²) in [6.45, 7) is 0. The van der Waals surface area contributed by atoms with Crippen LogP contribution in [0.15, 0.2) is 48.2 Å². The SMILES string of the molecule is COc1cc([N+](=O)[O-])ccc1NC(=O)/C(C#N)=C\Nc1ccc(Cl)c([N+](=O)[O-])c1. The Morgan fingerprint density at radius 2 is 1.93 bits per heavy atom. The van der Waals surface area contributed by atoms with Gasteiger partial charge in [-0.3, -0.25) is 25.0 Å². The van der Waals surface area contributed by atoms with Crippen LogP contribution in [-0.4, -0.2) is 22.9 Å². The van der Waals surface area contributed by atoms with Crippen molar-refractivity contribution in [3.63, 3.8) is 0 Å². The van der Waals surface area contributed by atoms with Crippen molar-refractivity contribution in [3.05, 3.63) is 73.4 Å². The van der Waals surface area contributed by atoms with E-state index in [1.807, 2.05) is 0 Å². The smallest absolute Gasteiger partial charge is 0.289 e. The molecule has 0 saturated heterocycles. The molecule has 0 heterocycles. The van der Waals surface area contributed by atoms with E-state index >= 15 is 0 Å². The molecule has 11 nitrogen and oxygen atoms in total. The third-order valence-corrected chi connectivity index (χ3v) is 3.85. The summed E-state index contributed by atoms with van der Waals surface area (Å²) in [4.78, 5) is 32.8. The lowest BCUT2D eigenvalue weighted by Gasteiger charge is -2.09. The van der Waals surface area contributed by atoms with Crippen molar-refractivity contribution >= 4 is 40.3 Å². The maximum atomic E-state index is 12.3. The molecule has 1 amide bonds. The highest BCUT2D eigenvalue weighted by atomic mass is 35.5. The molecule has 0 spiro atoms. The lowest BCUT2D eigenvalue weighted by atomic mass is 10.2. The number of nitrogens with one attached hydrogen (secondary N) is 2. The predicted molar refractivity (Wildman–Crippen MR) is 104 cm³/mol. The number of carbonyl (C=O) groups is 1. The fourth-order valence-electron chi connectivity index (χ4n) is 2.13. The maximum absolute atomic E-state index is 12.3. The van der Waals surface area contributed by atoms with Crippen molar-refractivity contribution in [1.29, 1.82) is 5.26 Å². The van der Waals surface area contributed by atoms with Gasteiger partial charge in [-0.05, 0) is 18.2 Å². The number of halogens is 1. The van der Waals surface area contributed by atoms with Gasteiger partial charge in [-0.1, -0.05) is 11.6 Å². The molecular weight excluding hydrogens is 406 g/mol. The number of hydrogen-bond acceptors (Lipinski definition) is 8. The number of rotatable bonds is 7. The summed E-state index contributed by atoms with van der Waals surface area (Å²) in [5, 5.41) is 35.9. The number of nitrogens with zero attached hydrogens (tertiary/aromatic N) is 3. The molecule has 0 aliphatic heterocycles. The number of ether oxygens (including phenoxy) is 1. The van der Waals surface area contributed by atoms with Crippen LogP contribution in [-0.2, 0) is 4.79 Å². The van der Waals surface area contributed by atoms with Crippen LogP contribution in [0.25, 0.3) is 0 Å². The average molecular weight is 418 g/mol. The highest BCUT2D eigenvalue weighted by Crippen LogP contribution is 2.30. The molecule has 0 atom stereocenters. The zero-order valence-corrected chi connectivity index (χ0v) is 15.5. The van der Waals surface area contributed by atoms with Crippen molar-refractivity contribution in [1.82, 2.24) is 0 Å². The molecule has 0 fully saturated rings. The Morgan fingerprint density at radius 3 is 2.52 bits per heavy atom. The van der Waals surface area contributed by atoms with Crippen LogP contribution in [0.1, 0.15) is 0 Å². The number of anilines is 2. The van der Waals surface area contributed by atoms with Crippen LogP contribution in [0.3, 0.4) is 0 Å². The number of benzene rings is 2. The topological polar surface area (TPSA) is 160 Å². The third-order valence-electron chi connectivity index (χ3n) is 3.54. The maximum Gasteiger partial charge on any atom is 0.289 e. The molecule has 0 aromatic heterocycles. The van der Waals surface area contributed by atoms with Gasteiger partial charge in [0.05, 0.1) is 28.7 Å². The van der Waals surface area contributed by atoms with Gasteiger partial charge in [0.2, 0.25) is 0 Å². The Balaban J connectivity index is 2.21. The van der Waals surface area contributed by atoms with Crippen molar-refractivity contribution in [2.24, 2.45) is 0 Å². The Labute approximate surface area is 168 Å². The highest BCUT2D eigenvalue weighted by Gasteiger charge is 2.16. The summed E-state index contributed by atoms with van der Waals surface area (Å²) in [6.07, 6.45) is 1.06. The van der Waals surface area contributed by atoms with Crippen molar-refractivity contribution in [3.8, 4) is 11.8 Å². The fourth-order valence-corrected chi connectivity index (χ4v) is 2.32. The van der Waals surface area contributed by atoms with Gasteiger partial charge in [0.1, 0.15) is 22.4 Å². The van der Waals surface area contributed by atoms with E-state index in [9.17, 15) is 30.3 Å². The minimum absolute atomic E-state index is 0.0334. The van der Waals surface area contributed by atoms with Crippen molar-refractivity contribution < 1.29 is 19.4 Å². The minimum Gasteiger partial charge on any atom is -0.494 e. The molecule has 0 aliphatic rings. The van der Waals surface area contributed by atoms with Gasteiger partial charge in [-0.15, -0.1) is 0 Å². The second-order valence-corrected chi connectivity index (χ2v) is 5.74. The molecular formula is C17H12ClN5O6. The largest absolute Gasteiger partial charge is 0.494 e. The van der Waals surface area contributed by atoms with Crippen LogP contribution in [0.5, 0.6) is 5.75 Å². The Kier molecular flexibility index (Phi) is 6.67. The summed E-state index contributed by atoms with van der Waals surface area (Å²) in [7, 11) is 1.27. The zero-order chi connectivity index (χ0) is 21.6. The summed E-state index contributed by atoms with van der Waals surface area (Å²) >= 11 is 5.73. The molecule has 29 heavy (non-hydrogen) atoms. The first-order valence-electron chi connectivity index (χ1n) is 7.71. The first-order valence-corrected chi connectivity index (χ1v) is 8.09. The van der Waals surface area contributed by atoms with Crippen LogP contribution >= 0.6 is 11.6 Å². The number of nitro benzene ring substituents is 2. The van der Waals surface area contributed by atoms with E-state index in [1.54, 1.807) is 6.07 Å². The third kappa shape index (κ3) is 5.18. The average Bonchev–Trinajstić information content (AvgIpc) is 2.69. The summed E-state index contributed by atoms with van der Waals surface area (Å²) in [5.41, 5.74) is -0.588. The van der Waals surface area contributed by atoms with E-state index in [2.05, 4.69) is 10.6 Å². The van der Waals surface area contributed by atoms with E-state index in [0.717, 1.165) is 18.3 Å². The van der Waals surface area contributed by atoms with Gasteiger partial charge in [-0.2, -0.15) is 5.26 Å².